The van der Waals surface area contributed by atoms with Crippen molar-refractivity contribution in [1.82, 2.24) is 4.98 Å². The third-order valence-electron chi connectivity index (χ3n) is 2.14. The normalized spacial score (nSPS) is 20.7. The maximum atomic E-state index is 11.3. The number of nitrogens with zero attached hydrogens (tertiary/aromatic N) is 1. The number of ether oxygens (including phenoxy) is 3. The molecule has 1 fully saturated rings. The maximum absolute atomic E-state index is 11.3. The number of nitrogen functional groups attached to an aromatic ring is 1. The SMILES string of the molecule is COC(=O)c1nc(C2COCCO2)sc1N. The number of carbonyl (C=O) groups excluding carboxylic acids is 1. The lowest BCUT2D eigenvalue weighted by atomic mass is 10.3. The van der Waals surface area contributed by atoms with Crippen LogP contribution in [0.15, 0.2) is 0 Å². The van der Waals surface area contributed by atoms with Gasteiger partial charge in [0.05, 0.1) is 26.9 Å². The molecule has 1 aliphatic rings. The van der Waals surface area contributed by atoms with Gasteiger partial charge in [-0.2, -0.15) is 0 Å². The number of aromatic nitrogens is 1. The number of nitrogens with two attached hydrogens (primary N) is 1. The van der Waals surface area contributed by atoms with E-state index in [0.29, 0.717) is 29.8 Å². The number of rotatable bonds is 2. The summed E-state index contributed by atoms with van der Waals surface area (Å²) in [5, 5.41) is 0.994. The smallest absolute Gasteiger partial charge is 0.359 e. The van der Waals surface area contributed by atoms with Crippen molar-refractivity contribution in [2.24, 2.45) is 0 Å². The molecule has 2 N–H and O–H groups in total. The Labute approximate surface area is 96.3 Å². The van der Waals surface area contributed by atoms with Gasteiger partial charge in [0.1, 0.15) is 16.1 Å². The molecule has 0 spiro atoms. The quantitative estimate of drug-likeness (QED) is 0.767. The second-order valence-corrected chi connectivity index (χ2v) is 4.25. The number of hydrogen-bond donors (Lipinski definition) is 1. The predicted octanol–water partition coefficient (Wildman–Crippen LogP) is 0.600. The summed E-state index contributed by atoms with van der Waals surface area (Å²) < 4.78 is 15.3. The predicted molar refractivity (Wildman–Crippen MR) is 57.4 cm³/mol. The van der Waals surface area contributed by atoms with Crippen LogP contribution in [0.1, 0.15) is 21.6 Å². The zero-order valence-corrected chi connectivity index (χ0v) is 9.58. The molecule has 0 radical (unpaired) electrons. The largest absolute Gasteiger partial charge is 0.464 e. The van der Waals surface area contributed by atoms with Crippen molar-refractivity contribution in [2.45, 2.75) is 6.10 Å². The number of anilines is 1. The van der Waals surface area contributed by atoms with E-state index >= 15 is 0 Å². The Morgan fingerprint density at radius 3 is 3.06 bits per heavy atom. The van der Waals surface area contributed by atoms with Crippen LogP contribution in [0.3, 0.4) is 0 Å². The van der Waals surface area contributed by atoms with Crippen molar-refractivity contribution >= 4 is 22.3 Å². The maximum Gasteiger partial charge on any atom is 0.359 e. The molecule has 1 atom stereocenters. The first-order valence-corrected chi connectivity index (χ1v) is 5.58. The Balaban J connectivity index is 2.19. The lowest BCUT2D eigenvalue weighted by molar-refractivity contribution is -0.0902. The standard InChI is InChI=1S/C9H12N2O4S/c1-13-9(12)6-7(10)16-8(11-6)5-4-14-2-3-15-5/h5H,2-4,10H2,1H3. The third kappa shape index (κ3) is 2.16. The van der Waals surface area contributed by atoms with Crippen molar-refractivity contribution in [3.05, 3.63) is 10.7 Å². The molecule has 0 aromatic carbocycles. The van der Waals surface area contributed by atoms with E-state index in [-0.39, 0.29) is 11.8 Å². The van der Waals surface area contributed by atoms with Crippen molar-refractivity contribution in [3.8, 4) is 0 Å². The molecule has 0 saturated carbocycles. The number of thiazole rings is 1. The molecule has 2 heterocycles. The molecule has 1 saturated heterocycles. The minimum absolute atomic E-state index is 0.150. The Bertz CT molecular complexity index is 387. The number of methoxy groups -OCH3 is 1. The summed E-state index contributed by atoms with van der Waals surface area (Å²) in [4.78, 5) is 15.4. The van der Waals surface area contributed by atoms with Crippen molar-refractivity contribution < 1.29 is 19.0 Å². The van der Waals surface area contributed by atoms with Crippen LogP contribution in [-0.4, -0.2) is 37.9 Å². The summed E-state index contributed by atoms with van der Waals surface area (Å²) in [6.07, 6.45) is -0.237. The first kappa shape index (κ1) is 11.3. The molecule has 1 aromatic rings. The zero-order valence-electron chi connectivity index (χ0n) is 8.76. The van der Waals surface area contributed by atoms with Gasteiger partial charge >= 0.3 is 5.97 Å². The fourth-order valence-electron chi connectivity index (χ4n) is 1.36. The lowest BCUT2D eigenvalue weighted by Gasteiger charge is -2.20. The molecule has 2 rings (SSSR count). The Morgan fingerprint density at radius 1 is 1.62 bits per heavy atom. The summed E-state index contributed by atoms with van der Waals surface area (Å²) in [7, 11) is 1.29. The molecule has 1 unspecified atom stereocenters. The lowest BCUT2D eigenvalue weighted by Crippen LogP contribution is -2.21. The average molecular weight is 244 g/mol. The molecular weight excluding hydrogens is 232 g/mol. The fraction of sp³-hybridized carbons (Fsp3) is 0.556. The molecular formula is C9H12N2O4S. The third-order valence-corrected chi connectivity index (χ3v) is 3.12. The average Bonchev–Trinajstić information content (AvgIpc) is 2.71. The Hall–Kier alpha value is -1.18. The van der Waals surface area contributed by atoms with Gasteiger partial charge < -0.3 is 19.9 Å². The highest BCUT2D eigenvalue weighted by Gasteiger charge is 2.24. The zero-order chi connectivity index (χ0) is 11.5. The van der Waals surface area contributed by atoms with Crippen LogP contribution in [0.4, 0.5) is 5.00 Å². The van der Waals surface area contributed by atoms with Gasteiger partial charge in [-0.1, -0.05) is 11.3 Å². The van der Waals surface area contributed by atoms with Gasteiger partial charge in [-0.25, -0.2) is 9.78 Å². The van der Waals surface area contributed by atoms with Crippen LogP contribution in [-0.2, 0) is 14.2 Å². The summed E-state index contributed by atoms with van der Waals surface area (Å²) in [6.45, 7) is 1.55. The van der Waals surface area contributed by atoms with Gasteiger partial charge in [-0.15, -0.1) is 0 Å². The van der Waals surface area contributed by atoms with Crippen molar-refractivity contribution in [3.63, 3.8) is 0 Å². The number of hydrogen-bond acceptors (Lipinski definition) is 7. The summed E-state index contributed by atoms with van der Waals surface area (Å²) in [6, 6.07) is 0. The van der Waals surface area contributed by atoms with Crippen LogP contribution < -0.4 is 5.73 Å². The molecule has 7 heteroatoms. The summed E-state index contributed by atoms with van der Waals surface area (Å²) in [5.41, 5.74) is 5.83. The van der Waals surface area contributed by atoms with Crippen LogP contribution >= 0.6 is 11.3 Å². The van der Waals surface area contributed by atoms with Crippen LogP contribution in [0.25, 0.3) is 0 Å². The molecule has 1 aromatic heterocycles. The van der Waals surface area contributed by atoms with E-state index in [4.69, 9.17) is 15.2 Å². The van der Waals surface area contributed by atoms with E-state index < -0.39 is 5.97 Å². The molecule has 0 amide bonds. The monoisotopic (exact) mass is 244 g/mol. The summed E-state index contributed by atoms with van der Waals surface area (Å²) in [5.74, 6) is -0.531. The molecule has 1 aliphatic heterocycles. The highest BCUT2D eigenvalue weighted by atomic mass is 32.1. The number of carbonyl (C=O) groups is 1. The highest BCUT2D eigenvalue weighted by Crippen LogP contribution is 2.29. The molecule has 0 bridgehead atoms. The number of esters is 1. The van der Waals surface area contributed by atoms with E-state index in [1.165, 1.54) is 18.4 Å². The first-order valence-electron chi connectivity index (χ1n) is 4.76. The Morgan fingerprint density at radius 2 is 2.44 bits per heavy atom. The van der Waals surface area contributed by atoms with Gasteiger partial charge in [0, 0.05) is 0 Å². The van der Waals surface area contributed by atoms with Crippen LogP contribution in [0, 0.1) is 0 Å². The van der Waals surface area contributed by atoms with Crippen molar-refractivity contribution in [1.29, 1.82) is 0 Å². The van der Waals surface area contributed by atoms with Crippen molar-refractivity contribution in [2.75, 3.05) is 32.7 Å². The van der Waals surface area contributed by atoms with E-state index in [1.54, 1.807) is 0 Å². The molecule has 16 heavy (non-hydrogen) atoms. The minimum Gasteiger partial charge on any atom is -0.464 e. The minimum atomic E-state index is -0.531. The van der Waals surface area contributed by atoms with Gasteiger partial charge in [-0.05, 0) is 0 Å². The second-order valence-electron chi connectivity index (χ2n) is 3.19. The van der Waals surface area contributed by atoms with Gasteiger partial charge in [-0.3, -0.25) is 0 Å². The fourth-order valence-corrected chi connectivity index (χ4v) is 2.22. The second kappa shape index (κ2) is 4.77. The van der Waals surface area contributed by atoms with Gasteiger partial charge in [0.15, 0.2) is 5.69 Å². The highest BCUT2D eigenvalue weighted by molar-refractivity contribution is 7.16. The van der Waals surface area contributed by atoms with Crippen LogP contribution in [0.5, 0.6) is 0 Å². The molecule has 6 nitrogen and oxygen atoms in total. The van der Waals surface area contributed by atoms with E-state index in [9.17, 15) is 4.79 Å². The van der Waals surface area contributed by atoms with Crippen LogP contribution in [0.2, 0.25) is 0 Å². The first-order chi connectivity index (χ1) is 7.72. The Kier molecular flexibility index (Phi) is 3.37. The van der Waals surface area contributed by atoms with E-state index in [2.05, 4.69) is 9.72 Å². The van der Waals surface area contributed by atoms with E-state index in [0.717, 1.165) is 0 Å². The summed E-state index contributed by atoms with van der Waals surface area (Å²) >= 11 is 1.23. The van der Waals surface area contributed by atoms with Gasteiger partial charge in [0.2, 0.25) is 0 Å². The molecule has 88 valence electrons. The topological polar surface area (TPSA) is 83.7 Å². The molecule has 0 aliphatic carbocycles. The van der Waals surface area contributed by atoms with Gasteiger partial charge in [0.25, 0.3) is 0 Å². The van der Waals surface area contributed by atoms with E-state index in [1.807, 2.05) is 0 Å².